The standard InChI is InChI=1S/C14H20ClFN2/c1-14(2,3)13-9-18(7-6-17-13)12-5-4-10(15)8-11(12)16/h4-5,8,13,17H,6-7,9H2,1-3H3. The van der Waals surface area contributed by atoms with Gasteiger partial charge in [-0.05, 0) is 23.6 Å². The molecule has 100 valence electrons. The van der Waals surface area contributed by atoms with Gasteiger partial charge in [0.2, 0.25) is 0 Å². The van der Waals surface area contributed by atoms with Gasteiger partial charge >= 0.3 is 0 Å². The van der Waals surface area contributed by atoms with Crippen LogP contribution in [0.3, 0.4) is 0 Å². The quantitative estimate of drug-likeness (QED) is 0.842. The van der Waals surface area contributed by atoms with Crippen molar-refractivity contribution in [1.29, 1.82) is 0 Å². The Labute approximate surface area is 113 Å². The summed E-state index contributed by atoms with van der Waals surface area (Å²) in [5.41, 5.74) is 0.817. The van der Waals surface area contributed by atoms with Gasteiger partial charge in [0.05, 0.1) is 5.69 Å². The third-order valence-corrected chi connectivity index (χ3v) is 3.71. The normalized spacial score (nSPS) is 21.2. The van der Waals surface area contributed by atoms with Crippen molar-refractivity contribution in [3.8, 4) is 0 Å². The van der Waals surface area contributed by atoms with E-state index in [1.807, 2.05) is 0 Å². The monoisotopic (exact) mass is 270 g/mol. The van der Waals surface area contributed by atoms with Crippen molar-refractivity contribution >= 4 is 17.3 Å². The van der Waals surface area contributed by atoms with E-state index in [-0.39, 0.29) is 11.2 Å². The summed E-state index contributed by atoms with van der Waals surface area (Å²) in [6.45, 7) is 9.13. The van der Waals surface area contributed by atoms with E-state index in [2.05, 4.69) is 31.0 Å². The first-order valence-corrected chi connectivity index (χ1v) is 6.69. The topological polar surface area (TPSA) is 15.3 Å². The number of nitrogens with one attached hydrogen (secondary N) is 1. The van der Waals surface area contributed by atoms with Crippen LogP contribution >= 0.6 is 11.6 Å². The number of hydrogen-bond donors (Lipinski definition) is 1. The highest BCUT2D eigenvalue weighted by atomic mass is 35.5. The molecule has 2 rings (SSSR count). The number of nitrogens with zero attached hydrogens (tertiary/aromatic N) is 1. The molecule has 0 aromatic heterocycles. The molecule has 4 heteroatoms. The van der Waals surface area contributed by atoms with Crippen LogP contribution in [0.25, 0.3) is 0 Å². The number of anilines is 1. The molecule has 1 heterocycles. The number of rotatable bonds is 1. The SMILES string of the molecule is CC(C)(C)C1CN(c2ccc(Cl)cc2F)CCN1. The summed E-state index contributed by atoms with van der Waals surface area (Å²) in [5.74, 6) is -0.239. The highest BCUT2D eigenvalue weighted by molar-refractivity contribution is 6.30. The lowest BCUT2D eigenvalue weighted by atomic mass is 9.85. The van der Waals surface area contributed by atoms with Gasteiger partial charge in [0, 0.05) is 30.7 Å². The highest BCUT2D eigenvalue weighted by Crippen LogP contribution is 2.27. The van der Waals surface area contributed by atoms with Gasteiger partial charge in [-0.1, -0.05) is 32.4 Å². The molecule has 0 bridgehead atoms. The van der Waals surface area contributed by atoms with Gasteiger partial charge < -0.3 is 10.2 Å². The summed E-state index contributed by atoms with van der Waals surface area (Å²) >= 11 is 5.79. The zero-order valence-corrected chi connectivity index (χ0v) is 11.9. The summed E-state index contributed by atoms with van der Waals surface area (Å²) < 4.78 is 13.9. The van der Waals surface area contributed by atoms with Gasteiger partial charge in [0.1, 0.15) is 5.82 Å². The van der Waals surface area contributed by atoms with E-state index in [1.165, 1.54) is 6.07 Å². The van der Waals surface area contributed by atoms with Crippen LogP contribution in [0, 0.1) is 11.2 Å². The van der Waals surface area contributed by atoms with Crippen molar-refractivity contribution in [2.24, 2.45) is 5.41 Å². The predicted octanol–water partition coefficient (Wildman–Crippen LogP) is 3.30. The van der Waals surface area contributed by atoms with Crippen molar-refractivity contribution in [2.45, 2.75) is 26.8 Å². The van der Waals surface area contributed by atoms with E-state index in [0.29, 0.717) is 16.8 Å². The van der Waals surface area contributed by atoms with Crippen LogP contribution in [0.2, 0.25) is 5.02 Å². The van der Waals surface area contributed by atoms with Gasteiger partial charge in [0.25, 0.3) is 0 Å². The molecule has 1 aliphatic rings. The molecule has 1 saturated heterocycles. The van der Waals surface area contributed by atoms with Crippen LogP contribution in [0.1, 0.15) is 20.8 Å². The molecule has 0 spiro atoms. The first-order valence-electron chi connectivity index (χ1n) is 6.31. The molecule has 18 heavy (non-hydrogen) atoms. The van der Waals surface area contributed by atoms with Crippen LogP contribution in [-0.2, 0) is 0 Å². The Kier molecular flexibility index (Phi) is 3.83. The minimum absolute atomic E-state index is 0.168. The Morgan fingerprint density at radius 3 is 2.72 bits per heavy atom. The molecule has 1 aliphatic heterocycles. The Hall–Kier alpha value is -0.800. The zero-order chi connectivity index (χ0) is 13.3. The molecule has 1 fully saturated rings. The Morgan fingerprint density at radius 2 is 2.11 bits per heavy atom. The Bertz CT molecular complexity index is 428. The second-order valence-electron chi connectivity index (χ2n) is 5.91. The maximum atomic E-state index is 13.9. The molecular formula is C14H20ClFN2. The third kappa shape index (κ3) is 2.96. The molecule has 1 N–H and O–H groups in total. The van der Waals surface area contributed by atoms with E-state index >= 15 is 0 Å². The minimum Gasteiger partial charge on any atom is -0.366 e. The lowest BCUT2D eigenvalue weighted by Crippen LogP contribution is -2.56. The molecule has 0 radical (unpaired) electrons. The molecule has 1 unspecified atom stereocenters. The lowest BCUT2D eigenvalue weighted by Gasteiger charge is -2.41. The van der Waals surface area contributed by atoms with Crippen molar-refractivity contribution in [2.75, 3.05) is 24.5 Å². The average Bonchev–Trinajstić information content (AvgIpc) is 2.28. The average molecular weight is 271 g/mol. The number of halogens is 2. The van der Waals surface area contributed by atoms with Crippen molar-refractivity contribution in [3.05, 3.63) is 29.0 Å². The van der Waals surface area contributed by atoms with Gasteiger partial charge in [-0.25, -0.2) is 4.39 Å². The molecule has 2 nitrogen and oxygen atoms in total. The van der Waals surface area contributed by atoms with Crippen LogP contribution in [0.15, 0.2) is 18.2 Å². The summed E-state index contributed by atoms with van der Waals surface area (Å²) in [6.07, 6.45) is 0. The lowest BCUT2D eigenvalue weighted by molar-refractivity contribution is 0.253. The maximum Gasteiger partial charge on any atom is 0.147 e. The van der Waals surface area contributed by atoms with Crippen LogP contribution in [0.5, 0.6) is 0 Å². The van der Waals surface area contributed by atoms with Gasteiger partial charge in [-0.15, -0.1) is 0 Å². The van der Waals surface area contributed by atoms with E-state index in [4.69, 9.17) is 11.6 Å². The third-order valence-electron chi connectivity index (χ3n) is 3.47. The molecule has 1 aromatic rings. The molecule has 0 saturated carbocycles. The molecule has 1 aromatic carbocycles. The first kappa shape index (κ1) is 13.6. The molecular weight excluding hydrogens is 251 g/mol. The highest BCUT2D eigenvalue weighted by Gasteiger charge is 2.30. The molecule has 0 amide bonds. The fraction of sp³-hybridized carbons (Fsp3) is 0.571. The molecule has 1 atom stereocenters. The smallest absolute Gasteiger partial charge is 0.147 e. The van der Waals surface area contributed by atoms with Gasteiger partial charge in [-0.2, -0.15) is 0 Å². The largest absolute Gasteiger partial charge is 0.366 e. The first-order chi connectivity index (χ1) is 8.38. The van der Waals surface area contributed by atoms with Crippen LogP contribution < -0.4 is 10.2 Å². The van der Waals surface area contributed by atoms with Gasteiger partial charge in [-0.3, -0.25) is 0 Å². The van der Waals surface area contributed by atoms with E-state index in [9.17, 15) is 4.39 Å². The second kappa shape index (κ2) is 5.06. The number of hydrogen-bond acceptors (Lipinski definition) is 2. The number of benzene rings is 1. The van der Waals surface area contributed by atoms with Crippen molar-refractivity contribution in [1.82, 2.24) is 5.32 Å². The van der Waals surface area contributed by atoms with E-state index < -0.39 is 0 Å². The van der Waals surface area contributed by atoms with Crippen molar-refractivity contribution < 1.29 is 4.39 Å². The predicted molar refractivity (Wildman–Crippen MR) is 74.9 cm³/mol. The summed E-state index contributed by atoms with van der Waals surface area (Å²) in [5, 5.41) is 3.94. The summed E-state index contributed by atoms with van der Waals surface area (Å²) in [7, 11) is 0. The molecule has 0 aliphatic carbocycles. The van der Waals surface area contributed by atoms with E-state index in [0.717, 1.165) is 19.6 Å². The summed E-state index contributed by atoms with van der Waals surface area (Å²) in [6, 6.07) is 5.25. The Balaban J connectivity index is 2.18. The van der Waals surface area contributed by atoms with Crippen LogP contribution in [-0.4, -0.2) is 25.7 Å². The maximum absolute atomic E-state index is 13.9. The van der Waals surface area contributed by atoms with E-state index in [1.54, 1.807) is 12.1 Å². The Morgan fingerprint density at radius 1 is 1.39 bits per heavy atom. The minimum atomic E-state index is -0.239. The number of piperazine rings is 1. The fourth-order valence-electron chi connectivity index (χ4n) is 2.29. The second-order valence-corrected chi connectivity index (χ2v) is 6.35. The fourth-order valence-corrected chi connectivity index (χ4v) is 2.45. The zero-order valence-electron chi connectivity index (χ0n) is 11.1. The summed E-state index contributed by atoms with van der Waals surface area (Å²) in [4.78, 5) is 2.10. The van der Waals surface area contributed by atoms with Crippen LogP contribution in [0.4, 0.5) is 10.1 Å². The van der Waals surface area contributed by atoms with Crippen molar-refractivity contribution in [3.63, 3.8) is 0 Å². The van der Waals surface area contributed by atoms with Gasteiger partial charge in [0.15, 0.2) is 0 Å².